The number of hydrogen-bond donors (Lipinski definition) is 0. The molecule has 6 nitrogen and oxygen atoms in total. The summed E-state index contributed by atoms with van der Waals surface area (Å²) >= 11 is 0. The number of rotatable bonds is 4. The van der Waals surface area contributed by atoms with Gasteiger partial charge in [-0.3, -0.25) is 14.7 Å². The van der Waals surface area contributed by atoms with E-state index in [-0.39, 0.29) is 36.6 Å². The number of ether oxygens (including phenoxy) is 2. The number of carbonyl (C=O) groups excluding carboxylic acids is 1. The van der Waals surface area contributed by atoms with Crippen LogP contribution in [0.25, 0.3) is 0 Å². The molecule has 2 aliphatic carbocycles. The van der Waals surface area contributed by atoms with Crippen molar-refractivity contribution in [3.05, 3.63) is 29.1 Å². The van der Waals surface area contributed by atoms with E-state index >= 15 is 0 Å². The van der Waals surface area contributed by atoms with Crippen molar-refractivity contribution in [1.29, 1.82) is 0 Å². The lowest BCUT2D eigenvalue weighted by Crippen LogP contribution is -2.52. The maximum Gasteiger partial charge on any atom is 0.417 e. The molecule has 0 aromatic carbocycles. The van der Waals surface area contributed by atoms with Crippen LogP contribution < -0.4 is 0 Å². The lowest BCUT2D eigenvalue weighted by Gasteiger charge is -2.41. The Kier molecular flexibility index (Phi) is 5.46. The summed E-state index contributed by atoms with van der Waals surface area (Å²) in [5, 5.41) is 0. The summed E-state index contributed by atoms with van der Waals surface area (Å²) in [6.07, 6.45) is 0.403. The summed E-state index contributed by atoms with van der Waals surface area (Å²) in [7, 11) is 1.56. The third kappa shape index (κ3) is 4.13. The standard InChI is InChI=1S/C25H34F3N3O3/c1-30(21-6-9-34-15-22(21)33-2)19-11-17-4-3-7-24(17,12-19)23(32)31-8-5-20-16(14-31)10-18(13-29-20)25(26,27)28/h10,13,17,19,21-22H,3-9,11-12,14-15H2,1-2H3/t17-,19-,21+,22-,24-/m1/s1/i1D3. The number of methoxy groups -OCH3 is 1. The topological polar surface area (TPSA) is 54.9 Å². The van der Waals surface area contributed by atoms with Crippen molar-refractivity contribution in [3.8, 4) is 0 Å². The van der Waals surface area contributed by atoms with Gasteiger partial charge in [0.05, 0.1) is 23.7 Å². The molecule has 5 rings (SSSR count). The molecule has 9 heteroatoms. The van der Waals surface area contributed by atoms with Gasteiger partial charge in [0.15, 0.2) is 0 Å². The SMILES string of the molecule is [2H]C([2H])([2H])N([C@@H]1C[C@H]2CCC[C@@]2(C(=O)N2CCc3ncc(C(F)(F)F)cc3C2)C1)[C@H]1CCOC[C@H]1OC. The number of likely N-dealkylation sites (N-methyl/N-ethyl adjacent to an activating group) is 1. The van der Waals surface area contributed by atoms with Crippen LogP contribution in [0, 0.1) is 11.3 Å². The van der Waals surface area contributed by atoms with Crippen molar-refractivity contribution in [2.75, 3.05) is 33.8 Å². The Morgan fingerprint density at radius 3 is 3.03 bits per heavy atom. The number of pyridine rings is 1. The molecule has 2 saturated carbocycles. The molecule has 0 N–H and O–H groups in total. The van der Waals surface area contributed by atoms with Crippen LogP contribution in [0.5, 0.6) is 0 Å². The molecule has 1 aromatic rings. The zero-order valence-electron chi connectivity index (χ0n) is 22.4. The lowest BCUT2D eigenvalue weighted by molar-refractivity contribution is -0.144. The number of nitrogens with zero attached hydrogens (tertiary/aromatic N) is 3. The van der Waals surface area contributed by atoms with Crippen molar-refractivity contribution in [2.45, 2.75) is 75.9 Å². The van der Waals surface area contributed by atoms with Gasteiger partial charge >= 0.3 is 6.18 Å². The molecule has 3 heterocycles. The normalized spacial score (nSPS) is 35.4. The first-order chi connectivity index (χ1) is 17.4. The predicted octanol–water partition coefficient (Wildman–Crippen LogP) is 3.67. The molecule has 4 aliphatic rings. The van der Waals surface area contributed by atoms with Gasteiger partial charge in [0, 0.05) is 61.3 Å². The first-order valence-electron chi connectivity index (χ1n) is 13.7. The van der Waals surface area contributed by atoms with E-state index in [0.717, 1.165) is 25.1 Å². The minimum atomic E-state index is -4.49. The van der Waals surface area contributed by atoms with Gasteiger partial charge in [-0.05, 0) is 56.6 Å². The van der Waals surface area contributed by atoms with Gasteiger partial charge in [0.1, 0.15) is 0 Å². The first kappa shape index (κ1) is 20.5. The molecule has 0 spiro atoms. The van der Waals surface area contributed by atoms with Crippen LogP contribution in [0.4, 0.5) is 13.2 Å². The van der Waals surface area contributed by atoms with Crippen LogP contribution in [-0.2, 0) is 33.4 Å². The number of halogens is 3. The molecule has 188 valence electrons. The molecule has 0 radical (unpaired) electrons. The molecule has 5 atom stereocenters. The van der Waals surface area contributed by atoms with Gasteiger partial charge < -0.3 is 14.4 Å². The second kappa shape index (κ2) is 9.06. The quantitative estimate of drug-likeness (QED) is 0.653. The third-order valence-electron chi connectivity index (χ3n) is 8.52. The van der Waals surface area contributed by atoms with Gasteiger partial charge in [-0.15, -0.1) is 0 Å². The molecular weight excluding hydrogens is 447 g/mol. The van der Waals surface area contributed by atoms with Gasteiger partial charge in [0.25, 0.3) is 0 Å². The summed E-state index contributed by atoms with van der Waals surface area (Å²) in [6, 6.07) is 0.462. The number of carbonyl (C=O) groups is 1. The summed E-state index contributed by atoms with van der Waals surface area (Å²) in [5.41, 5.74) is -0.463. The largest absolute Gasteiger partial charge is 0.417 e. The van der Waals surface area contributed by atoms with Crippen molar-refractivity contribution in [3.63, 3.8) is 0 Å². The highest BCUT2D eigenvalue weighted by atomic mass is 19.4. The smallest absolute Gasteiger partial charge is 0.379 e. The summed E-state index contributed by atoms with van der Waals surface area (Å²) in [6.45, 7) is -1.07. The van der Waals surface area contributed by atoms with E-state index in [1.54, 1.807) is 16.9 Å². The summed E-state index contributed by atoms with van der Waals surface area (Å²) in [5.74, 6) is -0.00182. The van der Waals surface area contributed by atoms with Crippen LogP contribution in [-0.4, -0.2) is 72.7 Å². The van der Waals surface area contributed by atoms with E-state index in [2.05, 4.69) is 4.98 Å². The van der Waals surface area contributed by atoms with Crippen LogP contribution >= 0.6 is 0 Å². The van der Waals surface area contributed by atoms with Crippen molar-refractivity contribution < 1.29 is 31.6 Å². The second-order valence-electron chi connectivity index (χ2n) is 10.3. The Balaban J connectivity index is 1.39. The fourth-order valence-corrected chi connectivity index (χ4v) is 6.75. The molecule has 2 aliphatic heterocycles. The van der Waals surface area contributed by atoms with Crippen LogP contribution in [0.15, 0.2) is 12.3 Å². The first-order valence-corrected chi connectivity index (χ1v) is 12.2. The monoisotopic (exact) mass is 484 g/mol. The molecule has 1 saturated heterocycles. The Bertz CT molecular complexity index is 1020. The van der Waals surface area contributed by atoms with E-state index in [1.807, 2.05) is 0 Å². The highest BCUT2D eigenvalue weighted by Crippen LogP contribution is 2.56. The Hall–Kier alpha value is -1.71. The zero-order valence-corrected chi connectivity index (χ0v) is 19.4. The number of hydrogen-bond acceptors (Lipinski definition) is 5. The maximum absolute atomic E-state index is 14.1. The van der Waals surface area contributed by atoms with Gasteiger partial charge in [-0.1, -0.05) is 6.42 Å². The van der Waals surface area contributed by atoms with Crippen LogP contribution in [0.3, 0.4) is 0 Å². The second-order valence-corrected chi connectivity index (χ2v) is 10.3. The fraction of sp³-hybridized carbons (Fsp3) is 0.760. The van der Waals surface area contributed by atoms with E-state index in [4.69, 9.17) is 13.6 Å². The van der Waals surface area contributed by atoms with Crippen LogP contribution in [0.2, 0.25) is 0 Å². The highest BCUT2D eigenvalue weighted by molar-refractivity contribution is 5.84. The third-order valence-corrected chi connectivity index (χ3v) is 8.52. The molecular formula is C25H34F3N3O3. The molecule has 1 aromatic heterocycles. The lowest BCUT2D eigenvalue weighted by atomic mass is 9.78. The zero-order chi connectivity index (χ0) is 26.6. The number of aromatic nitrogens is 1. The predicted molar refractivity (Wildman–Crippen MR) is 119 cm³/mol. The fourth-order valence-electron chi connectivity index (χ4n) is 6.75. The molecule has 0 bridgehead atoms. The Morgan fingerprint density at radius 1 is 1.41 bits per heavy atom. The van der Waals surface area contributed by atoms with Gasteiger partial charge in [-0.2, -0.15) is 13.2 Å². The minimum Gasteiger partial charge on any atom is -0.379 e. The summed E-state index contributed by atoms with van der Waals surface area (Å²) < 4.78 is 76.0. The van der Waals surface area contributed by atoms with Crippen molar-refractivity contribution in [1.82, 2.24) is 14.8 Å². The van der Waals surface area contributed by atoms with Crippen molar-refractivity contribution in [2.24, 2.45) is 11.3 Å². The van der Waals surface area contributed by atoms with E-state index < -0.39 is 24.1 Å². The van der Waals surface area contributed by atoms with Crippen molar-refractivity contribution >= 4 is 5.91 Å². The minimum absolute atomic E-state index is 0.0525. The van der Waals surface area contributed by atoms with E-state index in [9.17, 15) is 18.0 Å². The number of fused-ring (bicyclic) bond motifs is 2. The number of amides is 1. The highest BCUT2D eigenvalue weighted by Gasteiger charge is 2.57. The molecule has 0 unspecified atom stereocenters. The maximum atomic E-state index is 14.1. The van der Waals surface area contributed by atoms with E-state index in [0.29, 0.717) is 63.1 Å². The molecule has 34 heavy (non-hydrogen) atoms. The summed E-state index contributed by atoms with van der Waals surface area (Å²) in [4.78, 5) is 21.4. The number of alkyl halides is 3. The van der Waals surface area contributed by atoms with Gasteiger partial charge in [0.2, 0.25) is 5.91 Å². The van der Waals surface area contributed by atoms with Gasteiger partial charge in [-0.25, -0.2) is 0 Å². The Morgan fingerprint density at radius 2 is 2.26 bits per heavy atom. The average Bonchev–Trinajstić information content (AvgIpc) is 3.40. The van der Waals surface area contributed by atoms with Crippen LogP contribution in [0.1, 0.15) is 59.5 Å². The van der Waals surface area contributed by atoms with E-state index in [1.165, 1.54) is 0 Å². The average molecular weight is 485 g/mol. The Labute approximate surface area is 203 Å². The molecule has 3 fully saturated rings. The molecule has 1 amide bonds.